The Bertz CT molecular complexity index is 714. The number of benzene rings is 1. The topological polar surface area (TPSA) is 71.0 Å². The van der Waals surface area contributed by atoms with Gasteiger partial charge in [-0.15, -0.1) is 0 Å². The van der Waals surface area contributed by atoms with Gasteiger partial charge >= 0.3 is 0 Å². The predicted octanol–water partition coefficient (Wildman–Crippen LogP) is 4.05. The van der Waals surface area contributed by atoms with Crippen molar-refractivity contribution in [3.8, 4) is 5.75 Å². The molecule has 1 saturated heterocycles. The summed E-state index contributed by atoms with van der Waals surface area (Å²) in [4.78, 5) is 31.7. The second-order valence-electron chi connectivity index (χ2n) is 6.16. The van der Waals surface area contributed by atoms with E-state index in [1.165, 1.54) is 17.8 Å². The molecule has 0 spiro atoms. The van der Waals surface area contributed by atoms with E-state index in [0.717, 1.165) is 25.7 Å². The number of anilines is 1. The molecule has 1 aromatic rings. The van der Waals surface area contributed by atoms with Crippen LogP contribution < -0.4 is 10.1 Å². The van der Waals surface area contributed by atoms with Gasteiger partial charge in [0.25, 0.3) is 5.91 Å². The van der Waals surface area contributed by atoms with Gasteiger partial charge in [-0.3, -0.25) is 19.5 Å². The highest BCUT2D eigenvalue weighted by Crippen LogP contribution is 2.31. The van der Waals surface area contributed by atoms with Gasteiger partial charge in [-0.2, -0.15) is 0 Å². The zero-order chi connectivity index (χ0) is 19.6. The van der Waals surface area contributed by atoms with Gasteiger partial charge < -0.3 is 10.1 Å². The minimum atomic E-state index is -0.332. The van der Waals surface area contributed by atoms with Gasteiger partial charge in [0.1, 0.15) is 5.75 Å². The number of aliphatic imine (C=N–C) groups is 1. The number of rotatable bonds is 9. The number of ether oxygens (including phenoxy) is 1. The number of methoxy groups -OCH3 is 1. The van der Waals surface area contributed by atoms with Crippen molar-refractivity contribution in [2.75, 3.05) is 25.5 Å². The Balaban J connectivity index is 2.08. The molecule has 27 heavy (non-hydrogen) atoms. The minimum Gasteiger partial charge on any atom is -0.497 e. The Kier molecular flexibility index (Phi) is 8.39. The number of amides is 2. The Labute approximate surface area is 165 Å². The summed E-state index contributed by atoms with van der Waals surface area (Å²) >= 11 is 1.28. The van der Waals surface area contributed by atoms with Crippen LogP contribution in [0.5, 0.6) is 5.75 Å². The zero-order valence-corrected chi connectivity index (χ0v) is 17.0. The normalized spacial score (nSPS) is 17.0. The molecule has 0 aromatic heterocycles. The van der Waals surface area contributed by atoms with E-state index in [1.54, 1.807) is 36.3 Å². The van der Waals surface area contributed by atoms with Crippen molar-refractivity contribution in [1.82, 2.24) is 4.90 Å². The molecule has 0 unspecified atom stereocenters. The summed E-state index contributed by atoms with van der Waals surface area (Å²) in [5.74, 6) is 0.238. The van der Waals surface area contributed by atoms with Crippen molar-refractivity contribution < 1.29 is 14.3 Å². The maximum absolute atomic E-state index is 12.7. The Hall–Kier alpha value is -2.28. The van der Waals surface area contributed by atoms with E-state index in [1.807, 2.05) is 0 Å². The van der Waals surface area contributed by atoms with Crippen molar-refractivity contribution in [3.63, 3.8) is 0 Å². The van der Waals surface area contributed by atoms with Crippen molar-refractivity contribution in [1.29, 1.82) is 0 Å². The summed E-state index contributed by atoms with van der Waals surface area (Å²) in [6, 6.07) is 7.04. The van der Waals surface area contributed by atoms with Crippen LogP contribution in [0.3, 0.4) is 0 Å². The number of nitrogens with one attached hydrogen (secondary N) is 1. The van der Waals surface area contributed by atoms with Gasteiger partial charge in [0.2, 0.25) is 5.91 Å². The first kappa shape index (κ1) is 21.0. The van der Waals surface area contributed by atoms with Crippen LogP contribution in [0.2, 0.25) is 0 Å². The van der Waals surface area contributed by atoms with Gasteiger partial charge in [0.15, 0.2) is 5.17 Å². The van der Waals surface area contributed by atoms with E-state index in [9.17, 15) is 9.59 Å². The molecular formula is C20H27N3O3S. The van der Waals surface area contributed by atoms with Crippen LogP contribution in [0.4, 0.5) is 5.69 Å². The van der Waals surface area contributed by atoms with Crippen LogP contribution in [-0.4, -0.2) is 42.1 Å². The lowest BCUT2D eigenvalue weighted by atomic mass is 10.3. The third kappa shape index (κ3) is 6.13. The van der Waals surface area contributed by atoms with E-state index < -0.39 is 0 Å². The third-order valence-electron chi connectivity index (χ3n) is 4.00. The van der Waals surface area contributed by atoms with Crippen molar-refractivity contribution in [2.45, 2.75) is 39.5 Å². The van der Waals surface area contributed by atoms with Crippen LogP contribution in [0.1, 0.15) is 39.5 Å². The molecule has 1 N–H and O–H groups in total. The Morgan fingerprint density at radius 1 is 1.22 bits per heavy atom. The summed E-state index contributed by atoms with van der Waals surface area (Å²) in [7, 11) is 1.59. The molecule has 7 heteroatoms. The molecule has 1 heterocycles. The Morgan fingerprint density at radius 2 is 1.93 bits per heavy atom. The fourth-order valence-corrected chi connectivity index (χ4v) is 3.44. The average Bonchev–Trinajstić information content (AvgIpc) is 2.95. The number of hydrogen-bond donors (Lipinski definition) is 1. The van der Waals surface area contributed by atoms with Crippen molar-refractivity contribution in [2.24, 2.45) is 4.99 Å². The number of unbranched alkanes of at least 4 members (excludes halogenated alkanes) is 2. The Morgan fingerprint density at radius 3 is 2.56 bits per heavy atom. The number of amidine groups is 1. The third-order valence-corrected chi connectivity index (χ3v) is 5.05. The summed E-state index contributed by atoms with van der Waals surface area (Å²) < 4.78 is 5.10. The van der Waals surface area contributed by atoms with E-state index in [0.29, 0.717) is 34.6 Å². The van der Waals surface area contributed by atoms with Crippen LogP contribution in [0, 0.1) is 0 Å². The summed E-state index contributed by atoms with van der Waals surface area (Å²) in [5, 5.41) is 3.47. The molecule has 0 radical (unpaired) electrons. The van der Waals surface area contributed by atoms with E-state index in [2.05, 4.69) is 24.2 Å². The molecule has 6 nitrogen and oxygen atoms in total. The fraction of sp³-hybridized carbons (Fsp3) is 0.450. The number of hydrogen-bond acceptors (Lipinski definition) is 5. The zero-order valence-electron chi connectivity index (χ0n) is 16.2. The number of carbonyl (C=O) groups is 2. The standard InChI is InChI=1S/C20H27N3O3S/c1-4-6-12-21-20-23(13-7-5-2)19(25)17(27-20)14-18(24)22-15-8-10-16(26-3)11-9-15/h8-11,14H,4-7,12-13H2,1-3H3,(H,22,24). The molecular weight excluding hydrogens is 362 g/mol. The number of carbonyl (C=O) groups excluding carboxylic acids is 2. The molecule has 1 aromatic carbocycles. The van der Waals surface area contributed by atoms with Gasteiger partial charge in [0, 0.05) is 24.9 Å². The molecule has 146 valence electrons. The summed E-state index contributed by atoms with van der Waals surface area (Å²) in [6.07, 6.45) is 5.30. The molecule has 0 saturated carbocycles. The number of thioether (sulfide) groups is 1. The average molecular weight is 390 g/mol. The molecule has 2 rings (SSSR count). The maximum atomic E-state index is 12.7. The maximum Gasteiger partial charge on any atom is 0.266 e. The first-order valence-electron chi connectivity index (χ1n) is 9.30. The highest BCUT2D eigenvalue weighted by Gasteiger charge is 2.33. The SMILES string of the molecule is CCCCN=C1SC(=CC(=O)Nc2ccc(OC)cc2)C(=O)N1CCCC. The molecule has 2 amide bonds. The van der Waals surface area contributed by atoms with Crippen LogP contribution in [0.15, 0.2) is 40.2 Å². The van der Waals surface area contributed by atoms with Crippen LogP contribution in [0.25, 0.3) is 0 Å². The summed E-state index contributed by atoms with van der Waals surface area (Å²) in [5.41, 5.74) is 0.646. The molecule has 0 aliphatic carbocycles. The quantitative estimate of drug-likeness (QED) is 0.511. The lowest BCUT2D eigenvalue weighted by Gasteiger charge is -2.14. The van der Waals surface area contributed by atoms with Gasteiger partial charge in [-0.1, -0.05) is 26.7 Å². The first-order chi connectivity index (χ1) is 13.1. The monoisotopic (exact) mass is 389 g/mol. The second-order valence-corrected chi connectivity index (χ2v) is 7.17. The van der Waals surface area contributed by atoms with Crippen molar-refractivity contribution in [3.05, 3.63) is 35.2 Å². The second kappa shape index (κ2) is 10.8. The highest BCUT2D eigenvalue weighted by atomic mass is 32.2. The smallest absolute Gasteiger partial charge is 0.266 e. The highest BCUT2D eigenvalue weighted by molar-refractivity contribution is 8.18. The van der Waals surface area contributed by atoms with Crippen molar-refractivity contribution >= 4 is 34.4 Å². The lowest BCUT2D eigenvalue weighted by Crippen LogP contribution is -2.30. The van der Waals surface area contributed by atoms with E-state index in [-0.39, 0.29) is 11.8 Å². The van der Waals surface area contributed by atoms with E-state index >= 15 is 0 Å². The predicted molar refractivity (Wildman–Crippen MR) is 111 cm³/mol. The fourth-order valence-electron chi connectivity index (χ4n) is 2.44. The van der Waals surface area contributed by atoms with E-state index in [4.69, 9.17) is 4.74 Å². The van der Waals surface area contributed by atoms with Crippen LogP contribution in [-0.2, 0) is 9.59 Å². The largest absolute Gasteiger partial charge is 0.497 e. The number of nitrogens with zero attached hydrogens (tertiary/aromatic N) is 2. The molecule has 1 aliphatic rings. The molecule has 0 atom stereocenters. The minimum absolute atomic E-state index is 0.145. The summed E-state index contributed by atoms with van der Waals surface area (Å²) in [6.45, 7) is 5.52. The first-order valence-corrected chi connectivity index (χ1v) is 10.1. The van der Waals surface area contributed by atoms with Gasteiger partial charge in [0.05, 0.1) is 12.0 Å². The van der Waals surface area contributed by atoms with Gasteiger partial charge in [-0.25, -0.2) is 0 Å². The van der Waals surface area contributed by atoms with Gasteiger partial charge in [-0.05, 0) is 48.9 Å². The van der Waals surface area contributed by atoms with Crippen LogP contribution >= 0.6 is 11.8 Å². The lowest BCUT2D eigenvalue weighted by molar-refractivity contribution is -0.122. The molecule has 0 bridgehead atoms. The molecule has 1 fully saturated rings. The molecule has 1 aliphatic heterocycles.